The molecule has 4 heteroatoms. The third kappa shape index (κ3) is 2.04. The minimum atomic E-state index is 0. The van der Waals surface area contributed by atoms with E-state index in [0.29, 0.717) is 0 Å². The molecule has 2 aromatic heterocycles. The molecule has 0 aliphatic heterocycles. The second-order valence-electron chi connectivity index (χ2n) is 4.53. The van der Waals surface area contributed by atoms with E-state index >= 15 is 0 Å². The Kier molecular flexibility index (Phi) is 3.57. The molecule has 0 spiro atoms. The van der Waals surface area contributed by atoms with Gasteiger partial charge in [0.05, 0.1) is 5.69 Å². The molecule has 2 heterocycles. The predicted octanol–water partition coefficient (Wildman–Crippen LogP) is 3.13. The normalized spacial score (nSPS) is 10.6. The Hall–Kier alpha value is -1.68. The maximum Gasteiger partial charge on any atom is 0.0927 e. The number of nitrogens with one attached hydrogen (secondary N) is 1. The van der Waals surface area contributed by atoms with Crippen LogP contribution in [0.3, 0.4) is 0 Å². The summed E-state index contributed by atoms with van der Waals surface area (Å²) < 4.78 is 0. The fourth-order valence-electron chi connectivity index (χ4n) is 2.57. The monoisotopic (exact) mass is 269 g/mol. The average molecular weight is 269 g/mol. The number of nitrogens with zero attached hydrogens (tertiary/aromatic N) is 2. The van der Waals surface area contributed by atoms with Crippen molar-refractivity contribution in [3.63, 3.8) is 0 Å². The summed E-state index contributed by atoms with van der Waals surface area (Å²) >= 11 is 0. The van der Waals surface area contributed by atoms with Gasteiger partial charge >= 0.3 is 29.6 Å². The van der Waals surface area contributed by atoms with Gasteiger partial charge in [0, 0.05) is 29.5 Å². The summed E-state index contributed by atoms with van der Waals surface area (Å²) in [5.41, 5.74) is 2.10. The van der Waals surface area contributed by atoms with Gasteiger partial charge in [0.25, 0.3) is 0 Å². The summed E-state index contributed by atoms with van der Waals surface area (Å²) in [7, 11) is 0. The largest absolute Gasteiger partial charge is 0.285 e. The van der Waals surface area contributed by atoms with Crippen molar-refractivity contribution in [3.8, 4) is 11.3 Å². The van der Waals surface area contributed by atoms with Crippen LogP contribution in [0.2, 0.25) is 0 Å². The molecule has 0 aliphatic carbocycles. The van der Waals surface area contributed by atoms with E-state index in [0.717, 1.165) is 11.3 Å². The first-order chi connectivity index (χ1) is 9.43. The maximum atomic E-state index is 4.30. The van der Waals surface area contributed by atoms with Crippen LogP contribution in [0.5, 0.6) is 0 Å². The Bertz CT molecular complexity index is 869. The second kappa shape index (κ2) is 5.37. The van der Waals surface area contributed by atoms with Crippen LogP contribution in [0.4, 0.5) is 0 Å². The van der Waals surface area contributed by atoms with E-state index in [1.165, 1.54) is 21.5 Å². The fraction of sp³-hybridized carbons (Fsp3) is 0. The molecule has 20 heavy (non-hydrogen) atoms. The Morgan fingerprint density at radius 2 is 1.80 bits per heavy atom. The number of H-pyrrole nitrogens is 1. The van der Waals surface area contributed by atoms with Crippen molar-refractivity contribution in [1.29, 1.82) is 0 Å². The fourth-order valence-corrected chi connectivity index (χ4v) is 2.57. The molecular formula is C16H12N3Na. The second-order valence-corrected chi connectivity index (χ2v) is 4.53. The Morgan fingerprint density at radius 3 is 2.65 bits per heavy atom. The summed E-state index contributed by atoms with van der Waals surface area (Å²) in [4.78, 5) is 4.26. The van der Waals surface area contributed by atoms with Crippen molar-refractivity contribution in [2.75, 3.05) is 0 Å². The molecule has 0 radical (unpaired) electrons. The molecule has 2 aromatic carbocycles. The zero-order chi connectivity index (χ0) is 12.7. The van der Waals surface area contributed by atoms with Crippen LogP contribution >= 0.6 is 0 Å². The summed E-state index contributed by atoms with van der Waals surface area (Å²) in [6.07, 6.45) is 5.60. The van der Waals surface area contributed by atoms with Gasteiger partial charge in [0.2, 0.25) is 0 Å². The van der Waals surface area contributed by atoms with Crippen molar-refractivity contribution in [2.24, 2.45) is 0 Å². The molecular weight excluding hydrogens is 257 g/mol. The van der Waals surface area contributed by atoms with Crippen LogP contribution in [0.25, 0.3) is 32.8 Å². The number of aromatic nitrogens is 3. The van der Waals surface area contributed by atoms with Gasteiger partial charge in [0.15, 0.2) is 0 Å². The van der Waals surface area contributed by atoms with E-state index in [1.807, 2.05) is 30.7 Å². The minimum absolute atomic E-state index is 0. The SMILES string of the molecule is [NaH].c1ccc2c(c1)cc(-c1cc[nH]n1)c1ccncc12. The Morgan fingerprint density at radius 1 is 0.900 bits per heavy atom. The van der Waals surface area contributed by atoms with Gasteiger partial charge in [-0.3, -0.25) is 10.1 Å². The van der Waals surface area contributed by atoms with Crippen LogP contribution in [0, 0.1) is 0 Å². The molecule has 4 rings (SSSR count). The number of fused-ring (bicyclic) bond motifs is 3. The number of aromatic amines is 1. The first kappa shape index (κ1) is 13.3. The average Bonchev–Trinajstić information content (AvgIpc) is 3.00. The molecule has 0 aliphatic rings. The van der Waals surface area contributed by atoms with Crippen molar-refractivity contribution < 1.29 is 0 Å². The topological polar surface area (TPSA) is 41.6 Å². The summed E-state index contributed by atoms with van der Waals surface area (Å²) in [5.74, 6) is 0. The zero-order valence-electron chi connectivity index (χ0n) is 10.2. The van der Waals surface area contributed by atoms with Crippen LogP contribution in [-0.4, -0.2) is 44.7 Å². The van der Waals surface area contributed by atoms with Crippen molar-refractivity contribution in [2.45, 2.75) is 0 Å². The molecule has 3 nitrogen and oxygen atoms in total. The molecule has 0 bridgehead atoms. The number of rotatable bonds is 1. The van der Waals surface area contributed by atoms with E-state index < -0.39 is 0 Å². The molecule has 92 valence electrons. The Labute approximate surface area is 138 Å². The van der Waals surface area contributed by atoms with Crippen LogP contribution in [0.15, 0.2) is 61.1 Å². The van der Waals surface area contributed by atoms with Gasteiger partial charge < -0.3 is 0 Å². The Balaban J connectivity index is 0.00000121. The molecule has 1 N–H and O–H groups in total. The first-order valence-electron chi connectivity index (χ1n) is 6.19. The standard InChI is InChI=1S/C16H11N3.Na.H/c1-2-4-12-11(3-1)9-14(16-6-8-18-19-16)13-5-7-17-10-15(12)13;;/h1-10H,(H,18,19);;. The molecule has 0 atom stereocenters. The predicted molar refractivity (Wildman–Crippen MR) is 84.0 cm³/mol. The number of pyridine rings is 1. The number of benzene rings is 2. The van der Waals surface area contributed by atoms with Crippen LogP contribution < -0.4 is 0 Å². The number of hydrogen-bond acceptors (Lipinski definition) is 2. The molecule has 4 aromatic rings. The third-order valence-corrected chi connectivity index (χ3v) is 3.44. The van der Waals surface area contributed by atoms with E-state index in [2.05, 4.69) is 45.5 Å². The quantitative estimate of drug-likeness (QED) is 0.426. The summed E-state index contributed by atoms with van der Waals surface area (Å²) in [6, 6.07) is 14.6. The van der Waals surface area contributed by atoms with Crippen LogP contribution in [-0.2, 0) is 0 Å². The first-order valence-corrected chi connectivity index (χ1v) is 6.19. The summed E-state index contributed by atoms with van der Waals surface area (Å²) in [5, 5.41) is 12.0. The summed E-state index contributed by atoms with van der Waals surface area (Å²) in [6.45, 7) is 0. The van der Waals surface area contributed by atoms with E-state index in [1.54, 1.807) is 0 Å². The van der Waals surface area contributed by atoms with Gasteiger partial charge in [-0.05, 0) is 34.4 Å². The van der Waals surface area contributed by atoms with E-state index in [9.17, 15) is 0 Å². The smallest absolute Gasteiger partial charge is 0.0927 e. The molecule has 0 fully saturated rings. The van der Waals surface area contributed by atoms with Crippen molar-refractivity contribution in [3.05, 3.63) is 61.1 Å². The van der Waals surface area contributed by atoms with Gasteiger partial charge in [-0.1, -0.05) is 24.3 Å². The minimum Gasteiger partial charge on any atom is -0.285 e. The molecule has 0 amide bonds. The third-order valence-electron chi connectivity index (χ3n) is 3.44. The molecule has 0 saturated heterocycles. The van der Waals surface area contributed by atoms with Gasteiger partial charge in [-0.25, -0.2) is 0 Å². The molecule has 0 saturated carbocycles. The van der Waals surface area contributed by atoms with Crippen molar-refractivity contribution in [1.82, 2.24) is 15.2 Å². The van der Waals surface area contributed by atoms with Gasteiger partial charge in [0.1, 0.15) is 0 Å². The maximum absolute atomic E-state index is 4.30. The van der Waals surface area contributed by atoms with Gasteiger partial charge in [-0.15, -0.1) is 0 Å². The molecule has 0 unspecified atom stereocenters. The van der Waals surface area contributed by atoms with Crippen LogP contribution in [0.1, 0.15) is 0 Å². The van der Waals surface area contributed by atoms with Crippen molar-refractivity contribution >= 4 is 51.1 Å². The van der Waals surface area contributed by atoms with E-state index in [4.69, 9.17) is 0 Å². The van der Waals surface area contributed by atoms with E-state index in [-0.39, 0.29) is 29.6 Å². The number of hydrogen-bond donors (Lipinski definition) is 1. The van der Waals surface area contributed by atoms with Gasteiger partial charge in [-0.2, -0.15) is 5.10 Å². The zero-order valence-corrected chi connectivity index (χ0v) is 10.2.